The van der Waals surface area contributed by atoms with Crippen LogP contribution in [0.4, 0.5) is 4.79 Å². The lowest BCUT2D eigenvalue weighted by Gasteiger charge is -2.24. The third-order valence-corrected chi connectivity index (χ3v) is 2.83. The normalized spacial score (nSPS) is 15.4. The largest absolute Gasteiger partial charge is 0.444 e. The molecule has 0 saturated heterocycles. The molecule has 0 radical (unpaired) electrons. The van der Waals surface area contributed by atoms with E-state index in [1.54, 1.807) is 23.4 Å². The standard InChI is InChI=1S/C14H23N3O3/c1-13(2,3)20-12(18)16-6-10-7-17(9-14(4,5)19)15-11(10)8-16/h7,19H,6,8-9H2,1-5H3. The summed E-state index contributed by atoms with van der Waals surface area (Å²) in [7, 11) is 0. The molecule has 2 rings (SSSR count). The van der Waals surface area contributed by atoms with Crippen molar-refractivity contribution in [3.05, 3.63) is 17.5 Å². The van der Waals surface area contributed by atoms with Gasteiger partial charge in [-0.1, -0.05) is 0 Å². The van der Waals surface area contributed by atoms with E-state index in [9.17, 15) is 9.90 Å². The van der Waals surface area contributed by atoms with E-state index in [0.29, 0.717) is 19.6 Å². The molecule has 1 aromatic heterocycles. The predicted molar refractivity (Wildman–Crippen MR) is 74.0 cm³/mol. The fraction of sp³-hybridized carbons (Fsp3) is 0.714. The van der Waals surface area contributed by atoms with Crippen LogP contribution in [-0.2, 0) is 24.4 Å². The molecule has 0 unspecified atom stereocenters. The van der Waals surface area contributed by atoms with Crippen LogP contribution in [0, 0.1) is 0 Å². The quantitative estimate of drug-likeness (QED) is 0.899. The van der Waals surface area contributed by atoms with E-state index in [2.05, 4.69) is 5.10 Å². The molecule has 6 heteroatoms. The molecule has 1 amide bonds. The van der Waals surface area contributed by atoms with Crippen LogP contribution in [0.2, 0.25) is 0 Å². The lowest BCUT2D eigenvalue weighted by Crippen LogP contribution is -2.33. The van der Waals surface area contributed by atoms with E-state index < -0.39 is 11.2 Å². The summed E-state index contributed by atoms with van der Waals surface area (Å²) >= 11 is 0. The van der Waals surface area contributed by atoms with Crippen LogP contribution in [0.25, 0.3) is 0 Å². The summed E-state index contributed by atoms with van der Waals surface area (Å²) in [6.07, 6.45) is 1.57. The number of aliphatic hydroxyl groups is 1. The molecule has 1 N–H and O–H groups in total. The van der Waals surface area contributed by atoms with Gasteiger partial charge >= 0.3 is 6.09 Å². The maximum absolute atomic E-state index is 12.0. The van der Waals surface area contributed by atoms with E-state index >= 15 is 0 Å². The van der Waals surface area contributed by atoms with E-state index in [0.717, 1.165) is 11.3 Å². The van der Waals surface area contributed by atoms with Crippen molar-refractivity contribution >= 4 is 6.09 Å². The molecule has 1 aliphatic rings. The molecule has 0 saturated carbocycles. The van der Waals surface area contributed by atoms with E-state index in [1.165, 1.54) is 0 Å². The molecule has 0 fully saturated rings. The molecule has 6 nitrogen and oxygen atoms in total. The Balaban J connectivity index is 1.99. The smallest absolute Gasteiger partial charge is 0.410 e. The van der Waals surface area contributed by atoms with Gasteiger partial charge in [-0.3, -0.25) is 9.58 Å². The number of rotatable bonds is 2. The summed E-state index contributed by atoms with van der Waals surface area (Å²) in [5.41, 5.74) is 0.600. The molecule has 112 valence electrons. The average Bonchev–Trinajstić information content (AvgIpc) is 2.68. The first-order valence-electron chi connectivity index (χ1n) is 6.79. The summed E-state index contributed by atoms with van der Waals surface area (Å²) < 4.78 is 7.08. The minimum absolute atomic E-state index is 0.315. The molecule has 1 aromatic rings. The van der Waals surface area contributed by atoms with Crippen molar-refractivity contribution in [3.8, 4) is 0 Å². The highest BCUT2D eigenvalue weighted by molar-refractivity contribution is 5.69. The van der Waals surface area contributed by atoms with E-state index in [-0.39, 0.29) is 6.09 Å². The topological polar surface area (TPSA) is 67.6 Å². The minimum atomic E-state index is -0.801. The van der Waals surface area contributed by atoms with Gasteiger partial charge in [0.15, 0.2) is 0 Å². The van der Waals surface area contributed by atoms with Gasteiger partial charge in [0.25, 0.3) is 0 Å². The Labute approximate surface area is 119 Å². The summed E-state index contributed by atoms with van der Waals surface area (Å²) in [4.78, 5) is 13.6. The Bertz CT molecular complexity index is 485. The lowest BCUT2D eigenvalue weighted by atomic mass is 10.1. The highest BCUT2D eigenvalue weighted by atomic mass is 16.6. The maximum atomic E-state index is 12.0. The second-order valence-corrected chi connectivity index (χ2v) is 6.95. The first-order valence-corrected chi connectivity index (χ1v) is 6.79. The number of aromatic nitrogens is 2. The average molecular weight is 281 g/mol. The molecule has 0 bridgehead atoms. The summed E-state index contributed by atoms with van der Waals surface area (Å²) in [6, 6.07) is 0. The molecule has 0 aliphatic carbocycles. The van der Waals surface area contributed by atoms with Crippen molar-refractivity contribution in [1.82, 2.24) is 14.7 Å². The third-order valence-electron chi connectivity index (χ3n) is 2.83. The number of nitrogens with zero attached hydrogens (tertiary/aromatic N) is 3. The number of carbonyl (C=O) groups is 1. The van der Waals surface area contributed by atoms with Crippen LogP contribution in [0.15, 0.2) is 6.20 Å². The maximum Gasteiger partial charge on any atom is 0.410 e. The number of hydrogen-bond acceptors (Lipinski definition) is 4. The fourth-order valence-corrected chi connectivity index (χ4v) is 2.14. The second kappa shape index (κ2) is 4.77. The van der Waals surface area contributed by atoms with Gasteiger partial charge < -0.3 is 9.84 Å². The van der Waals surface area contributed by atoms with Gasteiger partial charge in [-0.05, 0) is 34.6 Å². The Morgan fingerprint density at radius 1 is 1.35 bits per heavy atom. The SMILES string of the molecule is CC(C)(O)Cn1cc2c(n1)CN(C(=O)OC(C)(C)C)C2. The van der Waals surface area contributed by atoms with Crippen LogP contribution >= 0.6 is 0 Å². The van der Waals surface area contributed by atoms with Gasteiger partial charge in [-0.2, -0.15) is 5.10 Å². The van der Waals surface area contributed by atoms with Gasteiger partial charge in [0.2, 0.25) is 0 Å². The van der Waals surface area contributed by atoms with Crippen LogP contribution in [-0.4, -0.2) is 37.1 Å². The minimum Gasteiger partial charge on any atom is -0.444 e. The predicted octanol–water partition coefficient (Wildman–Crippen LogP) is 1.90. The van der Waals surface area contributed by atoms with Crippen molar-refractivity contribution in [2.45, 2.75) is 65.5 Å². The number of amides is 1. The van der Waals surface area contributed by atoms with Crippen molar-refractivity contribution in [2.75, 3.05) is 0 Å². The van der Waals surface area contributed by atoms with Crippen LogP contribution in [0.1, 0.15) is 45.9 Å². The molecule has 0 atom stereocenters. The Morgan fingerprint density at radius 3 is 2.50 bits per heavy atom. The number of fused-ring (bicyclic) bond motifs is 1. The molecule has 20 heavy (non-hydrogen) atoms. The monoisotopic (exact) mass is 281 g/mol. The zero-order chi connectivity index (χ0) is 15.1. The Morgan fingerprint density at radius 2 is 2.00 bits per heavy atom. The van der Waals surface area contributed by atoms with Crippen molar-refractivity contribution in [2.24, 2.45) is 0 Å². The van der Waals surface area contributed by atoms with Crippen LogP contribution < -0.4 is 0 Å². The van der Waals surface area contributed by atoms with Gasteiger partial charge in [0.05, 0.1) is 30.9 Å². The molecule has 2 heterocycles. The summed E-state index contributed by atoms with van der Waals surface area (Å²) in [6.45, 7) is 10.4. The molecule has 0 aromatic carbocycles. The van der Waals surface area contributed by atoms with Gasteiger partial charge in [0, 0.05) is 11.8 Å². The van der Waals surface area contributed by atoms with Gasteiger partial charge in [-0.15, -0.1) is 0 Å². The molecular formula is C14H23N3O3. The van der Waals surface area contributed by atoms with E-state index in [4.69, 9.17) is 4.74 Å². The molecule has 1 aliphatic heterocycles. The molecule has 0 spiro atoms. The zero-order valence-corrected chi connectivity index (χ0v) is 12.8. The Hall–Kier alpha value is -1.56. The van der Waals surface area contributed by atoms with Gasteiger partial charge in [0.1, 0.15) is 5.60 Å². The number of hydrogen-bond donors (Lipinski definition) is 1. The zero-order valence-electron chi connectivity index (χ0n) is 12.8. The fourth-order valence-electron chi connectivity index (χ4n) is 2.14. The highest BCUT2D eigenvalue weighted by Gasteiger charge is 2.30. The molecular weight excluding hydrogens is 258 g/mol. The number of carbonyl (C=O) groups excluding carboxylic acids is 1. The summed E-state index contributed by atoms with van der Waals surface area (Å²) in [5, 5.41) is 14.2. The first kappa shape index (κ1) is 14.8. The second-order valence-electron chi connectivity index (χ2n) is 6.95. The first-order chi connectivity index (χ1) is 9.03. The lowest BCUT2D eigenvalue weighted by molar-refractivity contribution is 0.0235. The van der Waals surface area contributed by atoms with Crippen molar-refractivity contribution in [3.63, 3.8) is 0 Å². The highest BCUT2D eigenvalue weighted by Crippen LogP contribution is 2.24. The van der Waals surface area contributed by atoms with Crippen molar-refractivity contribution in [1.29, 1.82) is 0 Å². The van der Waals surface area contributed by atoms with E-state index in [1.807, 2.05) is 27.0 Å². The van der Waals surface area contributed by atoms with Gasteiger partial charge in [-0.25, -0.2) is 4.79 Å². The van der Waals surface area contributed by atoms with Crippen LogP contribution in [0.3, 0.4) is 0 Å². The van der Waals surface area contributed by atoms with Crippen molar-refractivity contribution < 1.29 is 14.6 Å². The third kappa shape index (κ3) is 3.72. The van der Waals surface area contributed by atoms with Crippen LogP contribution in [0.5, 0.6) is 0 Å². The summed E-state index contributed by atoms with van der Waals surface area (Å²) in [5.74, 6) is 0. The Kier molecular flexibility index (Phi) is 3.54. The number of ether oxygens (including phenoxy) is 1.